The van der Waals surface area contributed by atoms with Crippen LogP contribution in [0.25, 0.3) is 0 Å². The normalized spacial score (nSPS) is 15.6. The van der Waals surface area contributed by atoms with E-state index in [9.17, 15) is 9.59 Å². The SMILES string of the molecule is CCC(C)CC(C)C(=O)NCCCCC(N)C(=O)O. The molecule has 5 heteroatoms. The molecule has 0 aromatic heterocycles. The Kier molecular flexibility index (Phi) is 9.21. The van der Waals surface area contributed by atoms with Crippen molar-refractivity contribution in [3.05, 3.63) is 0 Å². The number of amides is 1. The standard InChI is InChI=1S/C14H28N2O3/c1-4-10(2)9-11(3)13(17)16-8-6-5-7-12(15)14(18)19/h10-12H,4-9,15H2,1-3H3,(H,16,17)(H,18,19). The zero-order chi connectivity index (χ0) is 14.8. The van der Waals surface area contributed by atoms with Gasteiger partial charge < -0.3 is 16.2 Å². The molecule has 1 amide bonds. The first-order valence-corrected chi connectivity index (χ1v) is 7.14. The number of nitrogens with two attached hydrogens (primary N) is 1. The van der Waals surface area contributed by atoms with Gasteiger partial charge in [0.15, 0.2) is 0 Å². The molecule has 0 heterocycles. The Hall–Kier alpha value is -1.10. The van der Waals surface area contributed by atoms with Crippen LogP contribution in [0.1, 0.15) is 52.9 Å². The van der Waals surface area contributed by atoms with E-state index in [0.29, 0.717) is 25.3 Å². The van der Waals surface area contributed by atoms with Gasteiger partial charge in [0.05, 0.1) is 0 Å². The minimum atomic E-state index is -0.966. The van der Waals surface area contributed by atoms with E-state index in [1.807, 2.05) is 6.92 Å². The molecule has 0 spiro atoms. The fraction of sp³-hybridized carbons (Fsp3) is 0.857. The van der Waals surface area contributed by atoms with Crippen LogP contribution in [0.2, 0.25) is 0 Å². The molecule has 0 aliphatic carbocycles. The smallest absolute Gasteiger partial charge is 0.320 e. The van der Waals surface area contributed by atoms with Gasteiger partial charge in [0.25, 0.3) is 0 Å². The van der Waals surface area contributed by atoms with Crippen molar-refractivity contribution < 1.29 is 14.7 Å². The molecule has 0 bridgehead atoms. The number of aliphatic carboxylic acids is 1. The monoisotopic (exact) mass is 272 g/mol. The summed E-state index contributed by atoms with van der Waals surface area (Å²) in [5, 5.41) is 11.5. The van der Waals surface area contributed by atoms with Crippen molar-refractivity contribution in [1.82, 2.24) is 5.32 Å². The van der Waals surface area contributed by atoms with Crippen molar-refractivity contribution in [3.8, 4) is 0 Å². The first kappa shape index (κ1) is 17.9. The fourth-order valence-electron chi connectivity index (χ4n) is 1.88. The number of carboxylic acids is 1. The Labute approximate surface area is 115 Å². The summed E-state index contributed by atoms with van der Waals surface area (Å²) >= 11 is 0. The van der Waals surface area contributed by atoms with E-state index in [1.165, 1.54) is 0 Å². The van der Waals surface area contributed by atoms with Gasteiger partial charge in [-0.2, -0.15) is 0 Å². The lowest BCUT2D eigenvalue weighted by Crippen LogP contribution is -2.32. The number of rotatable bonds is 10. The van der Waals surface area contributed by atoms with Crippen molar-refractivity contribution in [2.75, 3.05) is 6.54 Å². The highest BCUT2D eigenvalue weighted by Gasteiger charge is 2.15. The zero-order valence-electron chi connectivity index (χ0n) is 12.3. The maximum atomic E-state index is 11.8. The number of carbonyl (C=O) groups excluding carboxylic acids is 1. The summed E-state index contributed by atoms with van der Waals surface area (Å²) in [7, 11) is 0. The largest absolute Gasteiger partial charge is 0.480 e. The number of hydrogen-bond donors (Lipinski definition) is 3. The second-order valence-corrected chi connectivity index (χ2v) is 5.38. The molecule has 0 aromatic carbocycles. The summed E-state index contributed by atoms with van der Waals surface area (Å²) < 4.78 is 0. The van der Waals surface area contributed by atoms with Crippen LogP contribution in [0.15, 0.2) is 0 Å². The first-order chi connectivity index (χ1) is 8.88. The minimum absolute atomic E-state index is 0.0382. The van der Waals surface area contributed by atoms with Crippen molar-refractivity contribution >= 4 is 11.9 Å². The molecule has 3 unspecified atom stereocenters. The highest BCUT2D eigenvalue weighted by molar-refractivity contribution is 5.78. The lowest BCUT2D eigenvalue weighted by Gasteiger charge is -2.15. The Balaban J connectivity index is 3.66. The molecular formula is C14H28N2O3. The Morgan fingerprint density at radius 2 is 1.89 bits per heavy atom. The molecular weight excluding hydrogens is 244 g/mol. The average molecular weight is 272 g/mol. The van der Waals surface area contributed by atoms with E-state index in [4.69, 9.17) is 10.8 Å². The number of unbranched alkanes of at least 4 members (excludes halogenated alkanes) is 1. The summed E-state index contributed by atoms with van der Waals surface area (Å²) in [5.74, 6) is -0.278. The summed E-state index contributed by atoms with van der Waals surface area (Å²) in [5.41, 5.74) is 5.39. The number of nitrogens with one attached hydrogen (secondary N) is 1. The van der Waals surface area contributed by atoms with Gasteiger partial charge in [0.2, 0.25) is 5.91 Å². The molecule has 0 radical (unpaired) electrons. The van der Waals surface area contributed by atoms with Gasteiger partial charge in [-0.25, -0.2) is 0 Å². The fourth-order valence-corrected chi connectivity index (χ4v) is 1.88. The van der Waals surface area contributed by atoms with Gasteiger partial charge in [0.1, 0.15) is 6.04 Å². The zero-order valence-corrected chi connectivity index (χ0v) is 12.3. The predicted molar refractivity (Wildman–Crippen MR) is 75.7 cm³/mol. The predicted octanol–water partition coefficient (Wildman–Crippen LogP) is 1.76. The Bertz CT molecular complexity index is 282. The molecule has 0 saturated heterocycles. The van der Waals surface area contributed by atoms with Crippen molar-refractivity contribution in [1.29, 1.82) is 0 Å². The van der Waals surface area contributed by atoms with Crippen LogP contribution in [0.5, 0.6) is 0 Å². The number of carbonyl (C=O) groups is 2. The molecule has 0 fully saturated rings. The molecule has 112 valence electrons. The van der Waals surface area contributed by atoms with Crippen molar-refractivity contribution in [2.24, 2.45) is 17.6 Å². The van der Waals surface area contributed by atoms with Gasteiger partial charge >= 0.3 is 5.97 Å². The topological polar surface area (TPSA) is 92.4 Å². The average Bonchev–Trinajstić information content (AvgIpc) is 2.37. The quantitative estimate of drug-likeness (QED) is 0.528. The lowest BCUT2D eigenvalue weighted by atomic mass is 9.95. The van der Waals surface area contributed by atoms with Gasteiger partial charge in [-0.15, -0.1) is 0 Å². The van der Waals surface area contributed by atoms with E-state index >= 15 is 0 Å². The lowest BCUT2D eigenvalue weighted by molar-refractivity contribution is -0.138. The second kappa shape index (κ2) is 9.78. The summed E-state index contributed by atoms with van der Waals surface area (Å²) in [4.78, 5) is 22.3. The van der Waals surface area contributed by atoms with Gasteiger partial charge in [-0.3, -0.25) is 9.59 Å². The van der Waals surface area contributed by atoms with Gasteiger partial charge in [0, 0.05) is 12.5 Å². The van der Waals surface area contributed by atoms with Crippen LogP contribution in [0.3, 0.4) is 0 Å². The number of carboxylic acid groups (broad SMARTS) is 1. The summed E-state index contributed by atoms with van der Waals surface area (Å²) in [6.07, 6.45) is 3.93. The highest BCUT2D eigenvalue weighted by Crippen LogP contribution is 2.14. The minimum Gasteiger partial charge on any atom is -0.480 e. The second-order valence-electron chi connectivity index (χ2n) is 5.38. The van der Waals surface area contributed by atoms with Gasteiger partial charge in [-0.05, 0) is 31.6 Å². The molecule has 0 aromatic rings. The van der Waals surface area contributed by atoms with Crippen LogP contribution < -0.4 is 11.1 Å². The Morgan fingerprint density at radius 3 is 2.42 bits per heavy atom. The maximum absolute atomic E-state index is 11.8. The van der Waals surface area contributed by atoms with Crippen LogP contribution in [0.4, 0.5) is 0 Å². The molecule has 4 N–H and O–H groups in total. The molecule has 0 aliphatic heterocycles. The first-order valence-electron chi connectivity index (χ1n) is 7.14. The Morgan fingerprint density at radius 1 is 1.26 bits per heavy atom. The summed E-state index contributed by atoms with van der Waals surface area (Å²) in [6, 6.07) is -0.792. The summed E-state index contributed by atoms with van der Waals surface area (Å²) in [6.45, 7) is 6.82. The molecule has 0 aliphatic rings. The van der Waals surface area contributed by atoms with Crippen LogP contribution in [0, 0.1) is 11.8 Å². The molecule has 0 saturated carbocycles. The van der Waals surface area contributed by atoms with E-state index < -0.39 is 12.0 Å². The van der Waals surface area contributed by atoms with Crippen molar-refractivity contribution in [2.45, 2.75) is 58.9 Å². The third-order valence-electron chi connectivity index (χ3n) is 3.46. The highest BCUT2D eigenvalue weighted by atomic mass is 16.4. The number of hydrogen-bond acceptors (Lipinski definition) is 3. The molecule has 5 nitrogen and oxygen atoms in total. The van der Waals surface area contributed by atoms with Gasteiger partial charge in [-0.1, -0.05) is 27.2 Å². The molecule has 3 atom stereocenters. The van der Waals surface area contributed by atoms with E-state index in [1.54, 1.807) is 0 Å². The third kappa shape index (κ3) is 8.59. The maximum Gasteiger partial charge on any atom is 0.320 e. The van der Waals surface area contributed by atoms with Crippen LogP contribution in [-0.2, 0) is 9.59 Å². The van der Waals surface area contributed by atoms with Crippen molar-refractivity contribution in [3.63, 3.8) is 0 Å². The molecule has 0 rings (SSSR count). The third-order valence-corrected chi connectivity index (χ3v) is 3.46. The van der Waals surface area contributed by atoms with E-state index in [0.717, 1.165) is 19.3 Å². The van der Waals surface area contributed by atoms with Crippen LogP contribution >= 0.6 is 0 Å². The van der Waals surface area contributed by atoms with E-state index in [2.05, 4.69) is 19.2 Å². The molecule has 19 heavy (non-hydrogen) atoms. The van der Waals surface area contributed by atoms with Crippen LogP contribution in [-0.4, -0.2) is 29.6 Å². The van der Waals surface area contributed by atoms with E-state index in [-0.39, 0.29) is 11.8 Å².